The second kappa shape index (κ2) is 3.82. The molecule has 0 amide bonds. The van der Waals surface area contributed by atoms with Gasteiger partial charge in [-0.25, -0.2) is 0 Å². The number of rotatable bonds is 2. The van der Waals surface area contributed by atoms with E-state index in [0.29, 0.717) is 0 Å². The van der Waals surface area contributed by atoms with Crippen LogP contribution in [-0.2, 0) is 9.59 Å². The molecule has 0 bridgehead atoms. The Bertz CT molecular complexity index is 254. The van der Waals surface area contributed by atoms with E-state index in [-0.39, 0.29) is 11.8 Å². The SMILES string of the molecule is C[C@H]1C=C[C@H](C)[C@@H](C(=O)[O-])[C@H]1C(=O)[O-]. The summed E-state index contributed by atoms with van der Waals surface area (Å²) < 4.78 is 0. The quantitative estimate of drug-likeness (QED) is 0.506. The zero-order chi connectivity index (χ0) is 10.9. The van der Waals surface area contributed by atoms with Crippen LogP contribution in [0.1, 0.15) is 13.8 Å². The fourth-order valence-electron chi connectivity index (χ4n) is 1.97. The van der Waals surface area contributed by atoms with E-state index < -0.39 is 23.8 Å². The van der Waals surface area contributed by atoms with Crippen LogP contribution < -0.4 is 10.2 Å². The first-order valence-corrected chi connectivity index (χ1v) is 4.55. The van der Waals surface area contributed by atoms with Gasteiger partial charge in [0.1, 0.15) is 0 Å². The number of hydrogen-bond acceptors (Lipinski definition) is 4. The molecule has 4 atom stereocenters. The molecule has 0 heterocycles. The van der Waals surface area contributed by atoms with E-state index in [4.69, 9.17) is 0 Å². The molecule has 0 radical (unpaired) electrons. The monoisotopic (exact) mass is 196 g/mol. The van der Waals surface area contributed by atoms with Gasteiger partial charge < -0.3 is 19.8 Å². The van der Waals surface area contributed by atoms with Crippen LogP contribution in [0.4, 0.5) is 0 Å². The van der Waals surface area contributed by atoms with Gasteiger partial charge in [-0.15, -0.1) is 0 Å². The van der Waals surface area contributed by atoms with Gasteiger partial charge in [-0.3, -0.25) is 0 Å². The molecular weight excluding hydrogens is 184 g/mol. The number of aliphatic carboxylic acids is 2. The summed E-state index contributed by atoms with van der Waals surface area (Å²) in [6.07, 6.45) is 3.43. The second-order valence-electron chi connectivity index (χ2n) is 3.79. The van der Waals surface area contributed by atoms with E-state index in [1.165, 1.54) is 0 Å². The third-order valence-corrected chi connectivity index (χ3v) is 2.78. The number of carboxylic acids is 2. The minimum Gasteiger partial charge on any atom is -0.550 e. The van der Waals surface area contributed by atoms with E-state index in [0.717, 1.165) is 0 Å². The van der Waals surface area contributed by atoms with Gasteiger partial charge in [0.15, 0.2) is 0 Å². The van der Waals surface area contributed by atoms with Crippen molar-refractivity contribution in [2.45, 2.75) is 13.8 Å². The number of carbonyl (C=O) groups excluding carboxylic acids is 2. The number of carboxylic acid groups (broad SMARTS) is 2. The molecule has 4 nitrogen and oxygen atoms in total. The molecule has 1 aliphatic rings. The molecule has 0 saturated carbocycles. The Morgan fingerprint density at radius 3 is 1.43 bits per heavy atom. The van der Waals surface area contributed by atoms with E-state index in [1.807, 2.05) is 0 Å². The molecule has 0 spiro atoms. The van der Waals surface area contributed by atoms with Gasteiger partial charge in [-0.2, -0.15) is 0 Å². The molecule has 0 aromatic heterocycles. The molecule has 4 heteroatoms. The van der Waals surface area contributed by atoms with Crippen molar-refractivity contribution in [1.29, 1.82) is 0 Å². The summed E-state index contributed by atoms with van der Waals surface area (Å²) >= 11 is 0. The van der Waals surface area contributed by atoms with E-state index in [1.54, 1.807) is 26.0 Å². The van der Waals surface area contributed by atoms with Crippen LogP contribution >= 0.6 is 0 Å². The highest BCUT2D eigenvalue weighted by Gasteiger charge is 2.33. The lowest BCUT2D eigenvalue weighted by atomic mass is 9.72. The van der Waals surface area contributed by atoms with E-state index in [2.05, 4.69) is 0 Å². The standard InChI is InChI=1S/C10H14O4/c1-5-3-4-6(2)8(10(13)14)7(5)9(11)12/h3-8H,1-2H3,(H,11,12)(H,13,14)/p-2/t5-,6-,7-,8+/m0/s1. The molecule has 0 fully saturated rings. The van der Waals surface area contributed by atoms with Crippen molar-refractivity contribution in [2.24, 2.45) is 23.7 Å². The van der Waals surface area contributed by atoms with Gasteiger partial charge >= 0.3 is 0 Å². The molecule has 0 saturated heterocycles. The predicted molar refractivity (Wildman–Crippen MR) is 44.5 cm³/mol. The topological polar surface area (TPSA) is 80.3 Å². The minimum absolute atomic E-state index is 0.320. The van der Waals surface area contributed by atoms with Crippen LogP contribution in [0.2, 0.25) is 0 Å². The second-order valence-corrected chi connectivity index (χ2v) is 3.79. The average Bonchev–Trinajstić information content (AvgIpc) is 2.07. The average molecular weight is 196 g/mol. The first kappa shape index (κ1) is 10.8. The highest BCUT2D eigenvalue weighted by atomic mass is 16.4. The molecule has 1 rings (SSSR count). The maximum Gasteiger partial charge on any atom is 0.0457 e. The Hall–Kier alpha value is -1.32. The summed E-state index contributed by atoms with van der Waals surface area (Å²) in [5.41, 5.74) is 0. The first-order chi connectivity index (χ1) is 6.45. The highest BCUT2D eigenvalue weighted by Crippen LogP contribution is 2.33. The Morgan fingerprint density at radius 2 is 1.21 bits per heavy atom. The summed E-state index contributed by atoms with van der Waals surface area (Å²) in [6, 6.07) is 0. The largest absolute Gasteiger partial charge is 0.550 e. The highest BCUT2D eigenvalue weighted by molar-refractivity contribution is 5.79. The molecule has 0 aromatic carbocycles. The number of carbonyl (C=O) groups is 2. The molecule has 0 N–H and O–H groups in total. The summed E-state index contributed by atoms with van der Waals surface area (Å²) in [5, 5.41) is 21.6. The lowest BCUT2D eigenvalue weighted by Crippen LogP contribution is -2.49. The minimum atomic E-state index is -1.32. The number of hydrogen-bond donors (Lipinski definition) is 0. The van der Waals surface area contributed by atoms with Crippen LogP contribution in [0.15, 0.2) is 12.2 Å². The van der Waals surface area contributed by atoms with Crippen LogP contribution in [-0.4, -0.2) is 11.9 Å². The summed E-state index contributed by atoms with van der Waals surface area (Å²) in [7, 11) is 0. The smallest absolute Gasteiger partial charge is 0.0457 e. The van der Waals surface area contributed by atoms with Gasteiger partial charge in [0, 0.05) is 23.8 Å². The maximum absolute atomic E-state index is 10.8. The molecule has 1 aliphatic carbocycles. The zero-order valence-electron chi connectivity index (χ0n) is 8.10. The first-order valence-electron chi connectivity index (χ1n) is 4.55. The maximum atomic E-state index is 10.8. The molecule has 0 aliphatic heterocycles. The normalized spacial score (nSPS) is 36.7. The van der Waals surface area contributed by atoms with Crippen LogP contribution in [0.3, 0.4) is 0 Å². The summed E-state index contributed by atoms with van der Waals surface area (Å²) in [5.74, 6) is -5.25. The van der Waals surface area contributed by atoms with Crippen molar-refractivity contribution in [3.8, 4) is 0 Å². The molecule has 0 aromatic rings. The summed E-state index contributed by atoms with van der Waals surface area (Å²) in [4.78, 5) is 21.6. The van der Waals surface area contributed by atoms with Crippen molar-refractivity contribution in [3.63, 3.8) is 0 Å². The third-order valence-electron chi connectivity index (χ3n) is 2.78. The Morgan fingerprint density at radius 1 is 0.929 bits per heavy atom. The third kappa shape index (κ3) is 1.78. The van der Waals surface area contributed by atoms with Crippen molar-refractivity contribution in [3.05, 3.63) is 12.2 Å². The van der Waals surface area contributed by atoms with Gasteiger partial charge in [-0.1, -0.05) is 26.0 Å². The summed E-state index contributed by atoms with van der Waals surface area (Å²) in [6.45, 7) is 3.33. The Kier molecular flexibility index (Phi) is 2.93. The van der Waals surface area contributed by atoms with Crippen LogP contribution in [0.5, 0.6) is 0 Å². The zero-order valence-corrected chi connectivity index (χ0v) is 8.10. The molecular formula is C10H12O4-2. The van der Waals surface area contributed by atoms with Crippen molar-refractivity contribution >= 4 is 11.9 Å². The van der Waals surface area contributed by atoms with E-state index in [9.17, 15) is 19.8 Å². The Labute approximate surface area is 82.2 Å². The molecule has 0 unspecified atom stereocenters. The van der Waals surface area contributed by atoms with Gasteiger partial charge in [0.25, 0.3) is 0 Å². The van der Waals surface area contributed by atoms with Crippen molar-refractivity contribution in [1.82, 2.24) is 0 Å². The molecule has 78 valence electrons. The van der Waals surface area contributed by atoms with Crippen molar-refractivity contribution in [2.75, 3.05) is 0 Å². The Balaban J connectivity index is 3.02. The van der Waals surface area contributed by atoms with Gasteiger partial charge in [0.2, 0.25) is 0 Å². The molecule has 14 heavy (non-hydrogen) atoms. The lowest BCUT2D eigenvalue weighted by molar-refractivity contribution is -0.329. The predicted octanol–water partition coefficient (Wildman–Crippen LogP) is -1.44. The van der Waals surface area contributed by atoms with Gasteiger partial charge in [-0.05, 0) is 11.8 Å². The lowest BCUT2D eigenvalue weighted by Gasteiger charge is -2.38. The van der Waals surface area contributed by atoms with Crippen LogP contribution in [0.25, 0.3) is 0 Å². The van der Waals surface area contributed by atoms with E-state index >= 15 is 0 Å². The fraction of sp³-hybridized carbons (Fsp3) is 0.600. The van der Waals surface area contributed by atoms with Crippen LogP contribution in [0, 0.1) is 23.7 Å². The van der Waals surface area contributed by atoms with Crippen molar-refractivity contribution < 1.29 is 19.8 Å². The number of allylic oxidation sites excluding steroid dienone is 2. The fourth-order valence-corrected chi connectivity index (χ4v) is 1.97. The van der Waals surface area contributed by atoms with Gasteiger partial charge in [0.05, 0.1) is 0 Å².